The molecule has 126 valence electrons. The summed E-state index contributed by atoms with van der Waals surface area (Å²) in [6.45, 7) is 6.28. The van der Waals surface area contributed by atoms with Crippen molar-refractivity contribution in [2.75, 3.05) is 0 Å². The summed E-state index contributed by atoms with van der Waals surface area (Å²) < 4.78 is 0. The molecule has 1 N–H and O–H groups in total. The van der Waals surface area contributed by atoms with E-state index in [9.17, 15) is 4.79 Å². The van der Waals surface area contributed by atoms with E-state index in [4.69, 9.17) is 5.11 Å². The molecule has 0 rings (SSSR count). The van der Waals surface area contributed by atoms with Gasteiger partial charge in [0.05, 0.1) is 5.92 Å². The normalized spacial score (nSPS) is 14.0. The summed E-state index contributed by atoms with van der Waals surface area (Å²) >= 11 is 0. The Kier molecular flexibility index (Phi) is 14.0. The summed E-state index contributed by atoms with van der Waals surface area (Å²) in [5.41, 5.74) is 0. The predicted octanol–water partition coefficient (Wildman–Crippen LogP) is 6.43. The molecular weight excluding hydrogens is 260 g/mol. The highest BCUT2D eigenvalue weighted by molar-refractivity contribution is 5.69. The molecule has 0 aliphatic carbocycles. The second-order valence-corrected chi connectivity index (χ2v) is 6.90. The van der Waals surface area contributed by atoms with Crippen LogP contribution in [0.5, 0.6) is 0 Å². The number of aliphatic carboxylic acids is 1. The minimum Gasteiger partial charge on any atom is -0.481 e. The number of carbonyl (C=O) groups is 1. The molecule has 2 unspecified atom stereocenters. The maximum Gasteiger partial charge on any atom is 0.306 e. The topological polar surface area (TPSA) is 37.3 Å². The van der Waals surface area contributed by atoms with Crippen molar-refractivity contribution < 1.29 is 9.90 Å². The molecule has 0 bridgehead atoms. The molecule has 0 aliphatic heterocycles. The third-order valence-electron chi connectivity index (χ3n) is 4.48. The highest BCUT2D eigenvalue weighted by atomic mass is 16.4. The van der Waals surface area contributed by atoms with Crippen LogP contribution in [0, 0.1) is 11.8 Å². The van der Waals surface area contributed by atoms with Gasteiger partial charge in [0.15, 0.2) is 0 Å². The van der Waals surface area contributed by atoms with Gasteiger partial charge in [-0.25, -0.2) is 0 Å². The first-order chi connectivity index (χ1) is 10.1. The minimum absolute atomic E-state index is 0.187. The maximum absolute atomic E-state index is 10.8. The standard InChI is InChI=1S/C19H38O2/c1-4-5-6-7-8-9-10-11-12-13-14-15-17(2)16-18(3)19(20)21/h17-18H,4-16H2,1-3H3,(H,20,21). The zero-order chi connectivity index (χ0) is 15.9. The van der Waals surface area contributed by atoms with Crippen molar-refractivity contribution in [1.82, 2.24) is 0 Å². The highest BCUT2D eigenvalue weighted by Gasteiger charge is 2.14. The molecule has 2 nitrogen and oxygen atoms in total. The van der Waals surface area contributed by atoms with Crippen LogP contribution in [-0.2, 0) is 4.79 Å². The first-order valence-electron chi connectivity index (χ1n) is 9.30. The second kappa shape index (κ2) is 14.4. The summed E-state index contributed by atoms with van der Waals surface area (Å²) in [6.07, 6.45) is 17.2. The van der Waals surface area contributed by atoms with Crippen molar-refractivity contribution in [3.8, 4) is 0 Å². The highest BCUT2D eigenvalue weighted by Crippen LogP contribution is 2.19. The zero-order valence-electron chi connectivity index (χ0n) is 14.7. The van der Waals surface area contributed by atoms with Gasteiger partial charge in [0.25, 0.3) is 0 Å². The largest absolute Gasteiger partial charge is 0.481 e. The Bertz CT molecular complexity index is 238. The molecule has 2 heteroatoms. The van der Waals surface area contributed by atoms with Gasteiger partial charge in [-0.15, -0.1) is 0 Å². The summed E-state index contributed by atoms with van der Waals surface area (Å²) in [7, 11) is 0. The summed E-state index contributed by atoms with van der Waals surface area (Å²) in [6, 6.07) is 0. The van der Waals surface area contributed by atoms with Gasteiger partial charge in [-0.3, -0.25) is 4.79 Å². The van der Waals surface area contributed by atoms with Crippen molar-refractivity contribution in [3.63, 3.8) is 0 Å². The van der Waals surface area contributed by atoms with E-state index in [0.29, 0.717) is 5.92 Å². The number of carboxylic acid groups (broad SMARTS) is 1. The van der Waals surface area contributed by atoms with E-state index >= 15 is 0 Å². The molecule has 0 saturated heterocycles. The molecule has 0 radical (unpaired) electrons. The third kappa shape index (κ3) is 14.2. The minimum atomic E-state index is -0.652. The van der Waals surface area contributed by atoms with Crippen LogP contribution in [0.15, 0.2) is 0 Å². The van der Waals surface area contributed by atoms with E-state index in [1.807, 2.05) is 6.92 Å². The molecule has 21 heavy (non-hydrogen) atoms. The van der Waals surface area contributed by atoms with Gasteiger partial charge < -0.3 is 5.11 Å². The quantitative estimate of drug-likeness (QED) is 0.353. The first kappa shape index (κ1) is 20.5. The predicted molar refractivity (Wildman–Crippen MR) is 91.7 cm³/mol. The molecule has 0 saturated carbocycles. The molecule has 0 heterocycles. The lowest BCUT2D eigenvalue weighted by Gasteiger charge is -2.13. The first-order valence-corrected chi connectivity index (χ1v) is 9.30. The third-order valence-corrected chi connectivity index (χ3v) is 4.48. The molecule has 0 aliphatic rings. The van der Waals surface area contributed by atoms with Crippen LogP contribution in [-0.4, -0.2) is 11.1 Å². The fraction of sp³-hybridized carbons (Fsp3) is 0.947. The number of hydrogen-bond donors (Lipinski definition) is 1. The number of unbranched alkanes of at least 4 members (excludes halogenated alkanes) is 10. The lowest BCUT2D eigenvalue weighted by atomic mass is 9.92. The molecule has 0 aromatic carbocycles. The average Bonchev–Trinajstić information content (AvgIpc) is 2.44. The fourth-order valence-corrected chi connectivity index (χ4v) is 2.98. The molecule has 0 fully saturated rings. The molecular formula is C19H38O2. The van der Waals surface area contributed by atoms with E-state index in [-0.39, 0.29) is 5.92 Å². The van der Waals surface area contributed by atoms with E-state index in [1.54, 1.807) is 0 Å². The van der Waals surface area contributed by atoms with Crippen molar-refractivity contribution in [2.24, 2.45) is 11.8 Å². The number of rotatable bonds is 15. The number of carboxylic acids is 1. The van der Waals surface area contributed by atoms with Crippen molar-refractivity contribution >= 4 is 5.97 Å². The summed E-state index contributed by atoms with van der Waals surface area (Å²) in [5.74, 6) is -0.289. The van der Waals surface area contributed by atoms with E-state index in [0.717, 1.165) is 6.42 Å². The Hall–Kier alpha value is -0.530. The Balaban J connectivity index is 3.23. The lowest BCUT2D eigenvalue weighted by Crippen LogP contribution is -2.13. The monoisotopic (exact) mass is 298 g/mol. The van der Waals surface area contributed by atoms with Crippen molar-refractivity contribution in [2.45, 2.75) is 104 Å². The molecule has 0 aromatic heterocycles. The lowest BCUT2D eigenvalue weighted by molar-refractivity contribution is -0.141. The van der Waals surface area contributed by atoms with Crippen LogP contribution >= 0.6 is 0 Å². The van der Waals surface area contributed by atoms with Crippen molar-refractivity contribution in [3.05, 3.63) is 0 Å². The van der Waals surface area contributed by atoms with E-state index < -0.39 is 5.97 Å². The van der Waals surface area contributed by atoms with Gasteiger partial charge in [-0.1, -0.05) is 97.8 Å². The van der Waals surface area contributed by atoms with Crippen LogP contribution < -0.4 is 0 Å². The van der Waals surface area contributed by atoms with Crippen LogP contribution in [0.25, 0.3) is 0 Å². The Morgan fingerprint density at radius 2 is 1.24 bits per heavy atom. The molecule has 0 amide bonds. The average molecular weight is 299 g/mol. The SMILES string of the molecule is CCCCCCCCCCCCCC(C)CC(C)C(=O)O. The van der Waals surface area contributed by atoms with Gasteiger partial charge in [0.2, 0.25) is 0 Å². The number of hydrogen-bond acceptors (Lipinski definition) is 1. The van der Waals surface area contributed by atoms with Crippen LogP contribution in [0.1, 0.15) is 104 Å². The van der Waals surface area contributed by atoms with Gasteiger partial charge >= 0.3 is 5.97 Å². The van der Waals surface area contributed by atoms with E-state index in [2.05, 4.69) is 13.8 Å². The molecule has 2 atom stereocenters. The van der Waals surface area contributed by atoms with Crippen molar-refractivity contribution in [1.29, 1.82) is 0 Å². The zero-order valence-corrected chi connectivity index (χ0v) is 14.7. The Morgan fingerprint density at radius 1 is 0.810 bits per heavy atom. The molecule has 0 spiro atoms. The van der Waals surface area contributed by atoms with Gasteiger partial charge in [-0.05, 0) is 12.3 Å². The maximum atomic E-state index is 10.8. The molecule has 0 aromatic rings. The Labute approximate surface area is 132 Å². The Morgan fingerprint density at radius 3 is 1.67 bits per heavy atom. The van der Waals surface area contributed by atoms with Gasteiger partial charge in [-0.2, -0.15) is 0 Å². The smallest absolute Gasteiger partial charge is 0.306 e. The van der Waals surface area contributed by atoms with Gasteiger partial charge in [0, 0.05) is 0 Å². The summed E-state index contributed by atoms with van der Waals surface area (Å²) in [5, 5.41) is 8.89. The van der Waals surface area contributed by atoms with Crippen LogP contribution in [0.2, 0.25) is 0 Å². The van der Waals surface area contributed by atoms with Crippen LogP contribution in [0.3, 0.4) is 0 Å². The fourth-order valence-electron chi connectivity index (χ4n) is 2.98. The van der Waals surface area contributed by atoms with E-state index in [1.165, 1.54) is 77.0 Å². The van der Waals surface area contributed by atoms with Gasteiger partial charge in [0.1, 0.15) is 0 Å². The second-order valence-electron chi connectivity index (χ2n) is 6.90. The summed E-state index contributed by atoms with van der Waals surface area (Å²) in [4.78, 5) is 10.8. The van der Waals surface area contributed by atoms with Crippen LogP contribution in [0.4, 0.5) is 0 Å².